The minimum atomic E-state index is -0.473. The largest absolute Gasteiger partial charge is 0.300 e. The van der Waals surface area contributed by atoms with Gasteiger partial charge >= 0.3 is 0 Å². The third-order valence-electron chi connectivity index (χ3n) is 9.70. The van der Waals surface area contributed by atoms with Gasteiger partial charge in [-0.1, -0.05) is 20.8 Å². The molecule has 0 heterocycles. The van der Waals surface area contributed by atoms with Crippen LogP contribution in [-0.2, 0) is 19.2 Å². The number of hydrogen-bond acceptors (Lipinski definition) is 4. The number of fused-ring (bicyclic) bond motifs is 5. The first-order valence-electron chi connectivity index (χ1n) is 11.3. The zero-order chi connectivity index (χ0) is 21.1. The predicted octanol–water partition coefficient (Wildman–Crippen LogP) is 4.75. The highest BCUT2D eigenvalue weighted by Gasteiger charge is 2.66. The summed E-state index contributed by atoms with van der Waals surface area (Å²) in [7, 11) is 0. The van der Waals surface area contributed by atoms with Crippen LogP contribution in [0.1, 0.15) is 78.6 Å². The Labute approximate surface area is 178 Å². The Morgan fingerprint density at radius 2 is 1.83 bits per heavy atom. The Hall–Kier alpha value is -1.03. The number of halogens is 1. The van der Waals surface area contributed by atoms with Gasteiger partial charge in [-0.3, -0.25) is 19.2 Å². The summed E-state index contributed by atoms with van der Waals surface area (Å²) in [6, 6.07) is 0. The van der Waals surface area contributed by atoms with E-state index in [1.54, 1.807) is 0 Å². The summed E-state index contributed by atoms with van der Waals surface area (Å²) in [4.78, 5) is 50.2. The van der Waals surface area contributed by atoms with Gasteiger partial charge in [-0.05, 0) is 72.3 Å². The quantitative estimate of drug-likeness (QED) is 0.615. The Bertz CT molecular complexity index is 760. The van der Waals surface area contributed by atoms with Crippen LogP contribution in [0, 0.1) is 46.3 Å². The molecule has 4 rings (SSSR count). The molecule has 0 aromatic carbocycles. The van der Waals surface area contributed by atoms with Gasteiger partial charge in [-0.2, -0.15) is 0 Å². The van der Waals surface area contributed by atoms with Crippen LogP contribution in [0.4, 0.5) is 0 Å². The molecule has 29 heavy (non-hydrogen) atoms. The van der Waals surface area contributed by atoms with Crippen molar-refractivity contribution in [1.82, 2.24) is 0 Å². The molecule has 0 amide bonds. The van der Waals surface area contributed by atoms with Crippen LogP contribution in [0.3, 0.4) is 0 Å². The van der Waals surface area contributed by atoms with Gasteiger partial charge in [0.2, 0.25) is 5.24 Å². The van der Waals surface area contributed by atoms with Gasteiger partial charge in [0.05, 0.1) is 0 Å². The Morgan fingerprint density at radius 3 is 2.52 bits per heavy atom. The van der Waals surface area contributed by atoms with Crippen LogP contribution in [0.25, 0.3) is 0 Å². The van der Waals surface area contributed by atoms with Crippen molar-refractivity contribution in [3.8, 4) is 0 Å². The number of rotatable bonds is 4. The van der Waals surface area contributed by atoms with Crippen molar-refractivity contribution >= 4 is 34.2 Å². The van der Waals surface area contributed by atoms with Crippen LogP contribution in [-0.4, -0.2) is 22.6 Å². The molecule has 0 N–H and O–H groups in total. The van der Waals surface area contributed by atoms with Crippen LogP contribution in [0.2, 0.25) is 0 Å². The van der Waals surface area contributed by atoms with Crippen molar-refractivity contribution in [1.29, 1.82) is 0 Å². The van der Waals surface area contributed by atoms with E-state index < -0.39 is 5.41 Å². The molecule has 4 aliphatic carbocycles. The molecular formula is C24H33ClO4. The standard InChI is InChI=1S/C24H33ClO4/c1-13(4-7-21(25)29)16-5-6-17-22-18(12-20(28)24(16,17)3)23(2)9-8-15(26)10-14(23)11-19(22)27/h13-14,16-18,22H,4-12H2,1-3H3/t13-,14?,16-,17+,18+,22+,23+,24-/m1/s1. The molecule has 160 valence electrons. The molecule has 0 aromatic heterocycles. The SMILES string of the molecule is C[C@H](CCC(=O)Cl)[C@H]1CC[C@H]2[C@@H]3C(=O)CC4CC(=O)CC[C@]4(C)[C@H]3CC(=O)[C@]12C. The third-order valence-corrected chi connectivity index (χ3v) is 9.89. The van der Waals surface area contributed by atoms with E-state index >= 15 is 0 Å². The van der Waals surface area contributed by atoms with Crippen LogP contribution >= 0.6 is 11.6 Å². The van der Waals surface area contributed by atoms with E-state index in [4.69, 9.17) is 11.6 Å². The maximum atomic E-state index is 13.6. The van der Waals surface area contributed by atoms with E-state index in [0.717, 1.165) is 19.3 Å². The fourth-order valence-electron chi connectivity index (χ4n) is 7.93. The molecule has 4 saturated carbocycles. The molecule has 4 fully saturated rings. The molecule has 1 unspecified atom stereocenters. The predicted molar refractivity (Wildman–Crippen MR) is 110 cm³/mol. The second-order valence-electron chi connectivity index (χ2n) is 10.8. The molecule has 5 heteroatoms. The molecule has 0 aromatic rings. The zero-order valence-corrected chi connectivity index (χ0v) is 18.6. The molecule has 0 radical (unpaired) electrons. The number of hydrogen-bond donors (Lipinski definition) is 0. The first-order valence-corrected chi connectivity index (χ1v) is 11.7. The molecule has 0 aliphatic heterocycles. The first-order chi connectivity index (χ1) is 13.6. The average Bonchev–Trinajstić information content (AvgIpc) is 3.01. The molecule has 0 bridgehead atoms. The molecular weight excluding hydrogens is 388 g/mol. The van der Waals surface area contributed by atoms with Gasteiger partial charge in [0.25, 0.3) is 0 Å². The fourth-order valence-corrected chi connectivity index (χ4v) is 8.04. The van der Waals surface area contributed by atoms with E-state index in [0.29, 0.717) is 50.1 Å². The molecule has 0 spiro atoms. The van der Waals surface area contributed by atoms with E-state index in [9.17, 15) is 19.2 Å². The van der Waals surface area contributed by atoms with Gasteiger partial charge < -0.3 is 0 Å². The van der Waals surface area contributed by atoms with Crippen molar-refractivity contribution in [2.45, 2.75) is 78.6 Å². The highest BCUT2D eigenvalue weighted by atomic mass is 35.5. The molecule has 4 nitrogen and oxygen atoms in total. The Morgan fingerprint density at radius 1 is 1.10 bits per heavy atom. The van der Waals surface area contributed by atoms with Crippen molar-refractivity contribution in [2.75, 3.05) is 0 Å². The van der Waals surface area contributed by atoms with Gasteiger partial charge in [-0.25, -0.2) is 0 Å². The van der Waals surface area contributed by atoms with Crippen molar-refractivity contribution < 1.29 is 19.2 Å². The number of ketones is 3. The van der Waals surface area contributed by atoms with Crippen molar-refractivity contribution in [3.63, 3.8) is 0 Å². The molecule has 0 saturated heterocycles. The summed E-state index contributed by atoms with van der Waals surface area (Å²) >= 11 is 5.56. The van der Waals surface area contributed by atoms with Crippen molar-refractivity contribution in [3.05, 3.63) is 0 Å². The zero-order valence-electron chi connectivity index (χ0n) is 17.8. The molecule has 8 atom stereocenters. The second kappa shape index (κ2) is 7.28. The minimum Gasteiger partial charge on any atom is -0.300 e. The summed E-state index contributed by atoms with van der Waals surface area (Å²) in [5.41, 5.74) is -0.544. The summed E-state index contributed by atoms with van der Waals surface area (Å²) in [5.74, 6) is 1.59. The fraction of sp³-hybridized carbons (Fsp3) is 0.833. The van der Waals surface area contributed by atoms with Gasteiger partial charge in [0, 0.05) is 43.4 Å². The van der Waals surface area contributed by atoms with Crippen LogP contribution in [0.15, 0.2) is 0 Å². The van der Waals surface area contributed by atoms with E-state index in [2.05, 4.69) is 20.8 Å². The Kier molecular flexibility index (Phi) is 5.33. The summed E-state index contributed by atoms with van der Waals surface area (Å²) in [6.07, 6.45) is 5.80. The summed E-state index contributed by atoms with van der Waals surface area (Å²) < 4.78 is 0. The summed E-state index contributed by atoms with van der Waals surface area (Å²) in [6.45, 7) is 6.47. The summed E-state index contributed by atoms with van der Waals surface area (Å²) in [5, 5.41) is -0.320. The van der Waals surface area contributed by atoms with Gasteiger partial charge in [-0.15, -0.1) is 0 Å². The molecule has 4 aliphatic rings. The second-order valence-corrected chi connectivity index (χ2v) is 11.2. The number of carbonyl (C=O) groups excluding carboxylic acids is 4. The first kappa shape index (κ1) is 21.2. The highest BCUT2D eigenvalue weighted by Crippen LogP contribution is 2.66. The van der Waals surface area contributed by atoms with E-state index in [1.165, 1.54) is 0 Å². The van der Waals surface area contributed by atoms with E-state index in [1.807, 2.05) is 0 Å². The monoisotopic (exact) mass is 420 g/mol. The number of Topliss-reactive ketones (excluding diaryl/α,β-unsaturated/α-hetero) is 3. The normalized spacial score (nSPS) is 45.4. The maximum absolute atomic E-state index is 13.6. The van der Waals surface area contributed by atoms with Crippen LogP contribution in [0.5, 0.6) is 0 Å². The van der Waals surface area contributed by atoms with Gasteiger partial charge in [0.1, 0.15) is 17.3 Å². The lowest BCUT2D eigenvalue weighted by Crippen LogP contribution is -2.60. The maximum Gasteiger partial charge on any atom is 0.221 e. The average molecular weight is 421 g/mol. The van der Waals surface area contributed by atoms with E-state index in [-0.39, 0.29) is 51.9 Å². The van der Waals surface area contributed by atoms with Crippen LogP contribution < -0.4 is 0 Å². The highest BCUT2D eigenvalue weighted by molar-refractivity contribution is 6.63. The third kappa shape index (κ3) is 3.16. The smallest absolute Gasteiger partial charge is 0.221 e. The lowest BCUT2D eigenvalue weighted by atomic mass is 9.44. The Balaban J connectivity index is 1.63. The minimum absolute atomic E-state index is 0.0426. The lowest BCUT2D eigenvalue weighted by Gasteiger charge is -2.58. The topological polar surface area (TPSA) is 68.3 Å². The number of carbonyl (C=O) groups is 4. The lowest BCUT2D eigenvalue weighted by molar-refractivity contribution is -0.166. The van der Waals surface area contributed by atoms with Gasteiger partial charge in [0.15, 0.2) is 0 Å². The van der Waals surface area contributed by atoms with Crippen molar-refractivity contribution in [2.24, 2.45) is 46.3 Å².